The van der Waals surface area contributed by atoms with Gasteiger partial charge in [-0.1, -0.05) is 55.4 Å². The van der Waals surface area contributed by atoms with Gasteiger partial charge in [-0.25, -0.2) is 24.3 Å². The van der Waals surface area contributed by atoms with Crippen molar-refractivity contribution < 1.29 is 56.7 Å². The summed E-state index contributed by atoms with van der Waals surface area (Å²) < 4.78 is 5.41. The Morgan fingerprint density at radius 3 is 1.07 bits per heavy atom. The van der Waals surface area contributed by atoms with Crippen LogP contribution < -0.4 is 0 Å². The molecule has 0 spiro atoms. The van der Waals surface area contributed by atoms with E-state index in [2.05, 4.69) is 136 Å². The molecule has 0 saturated carbocycles. The summed E-state index contributed by atoms with van der Waals surface area (Å²) in [5.74, 6) is -1.61. The average molecular weight is 821 g/mol. The first kappa shape index (κ1) is 65.0. The molecule has 0 amide bonds. The van der Waals surface area contributed by atoms with E-state index in [-0.39, 0.29) is 40.5 Å². The fraction of sp³-hybridized carbons (Fsp3) is 0.951. The van der Waals surface area contributed by atoms with Gasteiger partial charge in [-0.2, -0.15) is 0 Å². The van der Waals surface area contributed by atoms with Gasteiger partial charge in [0.15, 0.2) is 13.2 Å². The minimum Gasteiger partial charge on any atom is -0.479 e. The zero-order valence-corrected chi connectivity index (χ0v) is 41.9. The molecule has 0 aromatic rings. The van der Waals surface area contributed by atoms with Gasteiger partial charge in [0, 0.05) is 38.6 Å². The van der Waals surface area contributed by atoms with E-state index in [1.54, 1.807) is 0 Å². The van der Waals surface area contributed by atoms with Gasteiger partial charge in [0.1, 0.15) is 5.60 Å². The van der Waals surface area contributed by atoms with E-state index < -0.39 is 24.1 Å². The molecule has 0 aromatic heterocycles. The van der Waals surface area contributed by atoms with Crippen LogP contribution in [0.1, 0.15) is 152 Å². The van der Waals surface area contributed by atoms with E-state index >= 15 is 0 Å². The number of carbonyl (C=O) groups is 2. The number of hydrogen-bond acceptors (Lipinski definition) is 11. The molecule has 0 unspecified atom stereocenters. The topological polar surface area (TPSA) is 124 Å². The second-order valence-corrected chi connectivity index (χ2v) is 17.3. The summed E-state index contributed by atoms with van der Waals surface area (Å²) in [4.78, 5) is 44.2. The molecule has 2 aliphatic rings. The van der Waals surface area contributed by atoms with Crippen LogP contribution in [-0.4, -0.2) is 143 Å². The van der Waals surface area contributed by atoms with Crippen molar-refractivity contribution in [2.45, 2.75) is 191 Å². The second kappa shape index (κ2) is 26.2. The Morgan fingerprint density at radius 1 is 0.611 bits per heavy atom. The maximum absolute atomic E-state index is 12.0. The van der Waals surface area contributed by atoms with Crippen LogP contribution >= 0.6 is 0 Å². The smallest absolute Gasteiger partial charge is 0.479 e. The molecule has 1 radical (unpaired) electrons. The third kappa shape index (κ3) is 18.6. The standard InChI is InChI=1S/C19H40N2O4.2C7H15N.C2H4O4.3C2H6.Cr/c1-16(2,17(3,4)20(9)10)14-23-15(22)13-24-25-19(7,8)18(5,6)21(11)12;2*1-6(2)7(3,4)8(6)5;3-2(4)1-6-5;3*1-2;/h13-14H2,1-12H3;2*1-5H3;5H,1H2,(H,3,4);3*1-2H3;/q;;;;;;;+3. The number of carboxylic acids is 1. The third-order valence-corrected chi connectivity index (χ3v) is 12.8. The van der Waals surface area contributed by atoms with Gasteiger partial charge in [0.2, 0.25) is 0 Å². The second-order valence-electron chi connectivity index (χ2n) is 17.3. The number of ether oxygens (including phenoxy) is 1. The van der Waals surface area contributed by atoms with Crippen molar-refractivity contribution in [2.24, 2.45) is 5.41 Å². The van der Waals surface area contributed by atoms with E-state index in [1.807, 2.05) is 83.6 Å². The van der Waals surface area contributed by atoms with Crippen LogP contribution in [0.2, 0.25) is 0 Å². The molecule has 327 valence electrons. The van der Waals surface area contributed by atoms with Crippen LogP contribution in [0.25, 0.3) is 0 Å². The number of likely N-dealkylation sites (N-methyl/N-ethyl adjacent to an activating group) is 3. The minimum absolute atomic E-state index is 0. The summed E-state index contributed by atoms with van der Waals surface area (Å²) in [5.41, 5.74) is 0.555. The van der Waals surface area contributed by atoms with Gasteiger partial charge < -0.3 is 19.6 Å². The van der Waals surface area contributed by atoms with Gasteiger partial charge in [-0.3, -0.25) is 15.1 Å². The summed E-state index contributed by atoms with van der Waals surface area (Å²) >= 11 is 0. The van der Waals surface area contributed by atoms with Crippen LogP contribution in [0.5, 0.6) is 0 Å². The summed E-state index contributed by atoms with van der Waals surface area (Å²) in [6, 6.07) is 0. The fourth-order valence-electron chi connectivity index (χ4n) is 4.34. The van der Waals surface area contributed by atoms with Gasteiger partial charge in [-0.15, -0.1) is 0 Å². The van der Waals surface area contributed by atoms with Crippen molar-refractivity contribution in [1.82, 2.24) is 19.6 Å². The van der Waals surface area contributed by atoms with E-state index in [9.17, 15) is 9.59 Å². The van der Waals surface area contributed by atoms with Crippen molar-refractivity contribution in [3.8, 4) is 0 Å². The molecular weight excluding hydrogens is 728 g/mol. The first-order valence-electron chi connectivity index (χ1n) is 19.3. The van der Waals surface area contributed by atoms with Crippen molar-refractivity contribution in [1.29, 1.82) is 0 Å². The van der Waals surface area contributed by atoms with Gasteiger partial charge in [-0.05, 0) is 139 Å². The molecule has 0 aromatic carbocycles. The van der Waals surface area contributed by atoms with E-state index in [0.717, 1.165) is 0 Å². The van der Waals surface area contributed by atoms with Crippen LogP contribution in [-0.2, 0) is 46.3 Å². The van der Waals surface area contributed by atoms with Crippen LogP contribution in [0.4, 0.5) is 0 Å². The average Bonchev–Trinajstić information content (AvgIpc) is 3.60. The number of hydrogen-bond donors (Lipinski definition) is 2. The van der Waals surface area contributed by atoms with Crippen molar-refractivity contribution >= 4 is 11.9 Å². The number of nitrogens with zero attached hydrogens (tertiary/aromatic N) is 4. The Bertz CT molecular complexity index is 953. The Labute approximate surface area is 345 Å². The number of aliphatic carboxylic acids is 1. The molecule has 12 nitrogen and oxygen atoms in total. The van der Waals surface area contributed by atoms with Crippen molar-refractivity contribution in [3.05, 3.63) is 0 Å². The fourth-order valence-corrected chi connectivity index (χ4v) is 4.34. The molecule has 2 saturated heterocycles. The van der Waals surface area contributed by atoms with Gasteiger partial charge in [0.25, 0.3) is 0 Å². The molecule has 54 heavy (non-hydrogen) atoms. The largest absolute Gasteiger partial charge is 3.00 e. The number of carbonyl (C=O) groups excluding carboxylic acids is 1. The summed E-state index contributed by atoms with van der Waals surface area (Å²) in [7, 11) is 12.3. The monoisotopic (exact) mass is 821 g/mol. The number of carboxylic acid groups (broad SMARTS) is 1. The molecule has 13 heteroatoms. The normalized spacial score (nSPS) is 17.5. The molecule has 2 N–H and O–H groups in total. The summed E-state index contributed by atoms with van der Waals surface area (Å²) in [6.45, 7) is 46.0. The first-order chi connectivity index (χ1) is 23.6. The summed E-state index contributed by atoms with van der Waals surface area (Å²) in [6.07, 6.45) is 0. The maximum atomic E-state index is 12.0. The molecule has 2 heterocycles. The predicted octanol–water partition coefficient (Wildman–Crippen LogP) is 8.58. The molecule has 2 fully saturated rings. The van der Waals surface area contributed by atoms with Crippen molar-refractivity contribution in [2.75, 3.05) is 62.1 Å². The summed E-state index contributed by atoms with van der Waals surface area (Å²) in [5, 5.41) is 15.0. The molecule has 0 bridgehead atoms. The van der Waals surface area contributed by atoms with Crippen LogP contribution in [0.15, 0.2) is 0 Å². The maximum Gasteiger partial charge on any atom is 3.00 e. The minimum atomic E-state index is -1.18. The van der Waals surface area contributed by atoms with E-state index in [0.29, 0.717) is 28.8 Å². The zero-order chi connectivity index (χ0) is 44.4. The quantitative estimate of drug-likeness (QED) is 0.0849. The van der Waals surface area contributed by atoms with Crippen LogP contribution in [0, 0.1) is 5.41 Å². The number of esters is 1. The third-order valence-electron chi connectivity index (χ3n) is 12.8. The van der Waals surface area contributed by atoms with E-state index in [1.165, 1.54) is 0 Å². The van der Waals surface area contributed by atoms with Gasteiger partial charge in [0.05, 0.1) is 6.61 Å². The molecule has 2 rings (SSSR count). The SMILES string of the molecule is CC.CC.CC.CN(C)C(C)(C)C(C)(C)COC(=O)COOC(C)(C)C(C)(C)N(C)C.CN1C(C)(C)C1(C)C.CN1C(C)(C)C1(C)C.O=C(O)COO.[Cr+3]. The Hall–Kier alpha value is -0.848. The Morgan fingerprint density at radius 2 is 0.889 bits per heavy atom. The zero-order valence-electron chi connectivity index (χ0n) is 40.7. The Kier molecular flexibility index (Phi) is 31.6. The van der Waals surface area contributed by atoms with Crippen LogP contribution in [0.3, 0.4) is 0 Å². The first-order valence-corrected chi connectivity index (χ1v) is 19.3. The predicted molar refractivity (Wildman–Crippen MR) is 223 cm³/mol. The molecule has 0 aliphatic carbocycles. The van der Waals surface area contributed by atoms with E-state index in [4.69, 9.17) is 24.9 Å². The molecular formula is C41H92CrN4O8+3. The van der Waals surface area contributed by atoms with Crippen molar-refractivity contribution in [3.63, 3.8) is 0 Å². The Balaban J connectivity index is -0.000000160. The number of rotatable bonds is 12. The molecule has 0 atom stereocenters. The van der Waals surface area contributed by atoms with Gasteiger partial charge >= 0.3 is 29.3 Å². The molecule has 2 aliphatic heterocycles.